The Hall–Kier alpha value is -3.90. The third-order valence-corrected chi connectivity index (χ3v) is 7.12. The molecule has 2 aromatic heterocycles. The summed E-state index contributed by atoms with van der Waals surface area (Å²) in [5.74, 6) is -0.206. The lowest BCUT2D eigenvalue weighted by molar-refractivity contribution is -0.123. The molecule has 1 aromatic carbocycles. The third-order valence-electron chi connectivity index (χ3n) is 6.76. The van der Waals surface area contributed by atoms with Crippen LogP contribution < -0.4 is 14.5 Å². The van der Waals surface area contributed by atoms with Crippen molar-refractivity contribution in [1.29, 1.82) is 0 Å². The fraction of sp³-hybridized carbons (Fsp3) is 0.296. The number of aryl methyl sites for hydroxylation is 2. The zero-order valence-electron chi connectivity index (χ0n) is 19.8. The molecule has 1 saturated heterocycles. The van der Waals surface area contributed by atoms with Gasteiger partial charge in [-0.15, -0.1) is 4.98 Å². The van der Waals surface area contributed by atoms with Crippen LogP contribution in [0.2, 0.25) is 0 Å². The number of pyridine rings is 2. The molecule has 5 rings (SSSR count). The second kappa shape index (κ2) is 9.63. The number of carbonyl (C=O) groups excluding carboxylic acids is 1. The first-order valence-electron chi connectivity index (χ1n) is 11.8. The Kier molecular flexibility index (Phi) is 6.37. The molecule has 0 atom stereocenters. The first-order valence-corrected chi connectivity index (χ1v) is 12.2. The van der Waals surface area contributed by atoms with Crippen LogP contribution >= 0.6 is 12.2 Å². The normalized spacial score (nSPS) is 16.2. The van der Waals surface area contributed by atoms with E-state index in [1.165, 1.54) is 17.2 Å². The van der Waals surface area contributed by atoms with Gasteiger partial charge in [0.05, 0.1) is 12.3 Å². The Balaban J connectivity index is 1.35. The smallest absolute Gasteiger partial charge is 0.272 e. The maximum absolute atomic E-state index is 15.1. The van der Waals surface area contributed by atoms with Crippen LogP contribution in [0.5, 0.6) is 5.75 Å². The maximum atomic E-state index is 15.1. The number of carbonyl (C=O) groups is 1. The zero-order chi connectivity index (χ0) is 25.3. The largest absolute Gasteiger partial charge is 0.491 e. The number of halogens is 1. The molecule has 7 nitrogen and oxygen atoms in total. The van der Waals surface area contributed by atoms with E-state index in [0.717, 1.165) is 24.8 Å². The third kappa shape index (κ3) is 4.07. The Morgan fingerprint density at radius 1 is 1.22 bits per heavy atom. The van der Waals surface area contributed by atoms with Crippen molar-refractivity contribution < 1.29 is 13.9 Å². The molecule has 1 amide bonds. The van der Waals surface area contributed by atoms with Crippen molar-refractivity contribution in [1.82, 2.24) is 9.97 Å². The molecule has 36 heavy (non-hydrogen) atoms. The van der Waals surface area contributed by atoms with E-state index in [-0.39, 0.29) is 22.6 Å². The minimum atomic E-state index is -0.831. The van der Waals surface area contributed by atoms with Gasteiger partial charge < -0.3 is 14.5 Å². The fourth-order valence-electron chi connectivity index (χ4n) is 4.75. The quantitative estimate of drug-likeness (QED) is 0.240. The van der Waals surface area contributed by atoms with Crippen molar-refractivity contribution >= 4 is 40.4 Å². The van der Waals surface area contributed by atoms with Crippen molar-refractivity contribution in [2.45, 2.75) is 44.6 Å². The average molecular weight is 502 g/mol. The zero-order valence-corrected chi connectivity index (χ0v) is 20.6. The van der Waals surface area contributed by atoms with Gasteiger partial charge in [0, 0.05) is 24.1 Å². The molecule has 0 unspecified atom stereocenters. The minimum absolute atomic E-state index is 0.147. The summed E-state index contributed by atoms with van der Waals surface area (Å²) in [4.78, 5) is 28.5. The van der Waals surface area contributed by atoms with Gasteiger partial charge in [0.2, 0.25) is 0 Å². The standard InChI is InChI=1S/C27H24FN5O2S/c1-18-14-21(17-31-24(18)29-2)32-25(34)27(10-5-11-27)33(26(32)36)20-8-9-23(22(28)15-20)35-13-4-7-19-6-3-12-30-16-19/h3,6,8-9,12,14-17H,4-5,7,10-11,13H2,1H3. The van der Waals surface area contributed by atoms with Gasteiger partial charge in [0.25, 0.3) is 11.7 Å². The van der Waals surface area contributed by atoms with Gasteiger partial charge in [-0.2, -0.15) is 0 Å². The highest BCUT2D eigenvalue weighted by atomic mass is 32.1. The lowest BCUT2D eigenvalue weighted by atomic mass is 9.75. The summed E-state index contributed by atoms with van der Waals surface area (Å²) in [6.07, 6.45) is 8.69. The fourth-order valence-corrected chi connectivity index (χ4v) is 5.22. The van der Waals surface area contributed by atoms with Gasteiger partial charge in [-0.1, -0.05) is 12.6 Å². The summed E-state index contributed by atoms with van der Waals surface area (Å²) in [5.41, 5.74) is 1.96. The topological polar surface area (TPSA) is 62.9 Å². The van der Waals surface area contributed by atoms with Crippen molar-refractivity contribution in [2.75, 3.05) is 16.4 Å². The first kappa shape index (κ1) is 23.8. The molecule has 182 valence electrons. The maximum Gasteiger partial charge on any atom is 0.272 e. The molecule has 0 bridgehead atoms. The number of ether oxygens (including phenoxy) is 1. The Labute approximate surface area is 214 Å². The molecule has 3 heterocycles. The SMILES string of the molecule is [C-]#[N+]c1ncc(N2C(=O)C3(CCC3)N(c3ccc(OCCCc4cccnc4)c(F)c3)C2=S)cc1C. The number of nitrogens with zero attached hydrogens (tertiary/aromatic N) is 5. The molecule has 0 N–H and O–H groups in total. The van der Waals surface area contributed by atoms with Crippen molar-refractivity contribution in [2.24, 2.45) is 0 Å². The Bertz CT molecular complexity index is 1370. The van der Waals surface area contributed by atoms with E-state index in [2.05, 4.69) is 14.8 Å². The van der Waals surface area contributed by atoms with Gasteiger partial charge in [-0.25, -0.2) is 4.39 Å². The molecule has 9 heteroatoms. The highest BCUT2D eigenvalue weighted by Crippen LogP contribution is 2.48. The number of aromatic nitrogens is 2. The Morgan fingerprint density at radius 3 is 2.69 bits per heavy atom. The second-order valence-corrected chi connectivity index (χ2v) is 9.38. The highest BCUT2D eigenvalue weighted by molar-refractivity contribution is 7.81. The summed E-state index contributed by atoms with van der Waals surface area (Å²) in [5, 5.41) is 0.279. The summed E-state index contributed by atoms with van der Waals surface area (Å²) in [6, 6.07) is 10.3. The molecule has 0 radical (unpaired) electrons. The molecule has 3 aromatic rings. The summed E-state index contributed by atoms with van der Waals surface area (Å²) in [6.45, 7) is 9.36. The monoisotopic (exact) mass is 501 g/mol. The molecule has 1 spiro atoms. The predicted molar refractivity (Wildman–Crippen MR) is 139 cm³/mol. The molecule has 1 aliphatic carbocycles. The lowest BCUT2D eigenvalue weighted by Crippen LogP contribution is -2.55. The van der Waals surface area contributed by atoms with Crippen LogP contribution in [-0.4, -0.2) is 33.1 Å². The van der Waals surface area contributed by atoms with Gasteiger partial charge in [-0.05, 0) is 86.6 Å². The molecular formula is C27H24FN5O2S. The van der Waals surface area contributed by atoms with Gasteiger partial charge in [-0.3, -0.25) is 14.7 Å². The van der Waals surface area contributed by atoms with Crippen LogP contribution in [-0.2, 0) is 11.2 Å². The van der Waals surface area contributed by atoms with E-state index in [1.807, 2.05) is 18.3 Å². The van der Waals surface area contributed by atoms with Crippen LogP contribution in [0.3, 0.4) is 0 Å². The average Bonchev–Trinajstić information content (AvgIpc) is 3.10. The number of thiocarbonyl (C=S) groups is 1. The number of amides is 1. The van der Waals surface area contributed by atoms with Crippen molar-refractivity contribution in [3.05, 3.63) is 83.4 Å². The van der Waals surface area contributed by atoms with Crippen LogP contribution in [0, 0.1) is 19.3 Å². The highest BCUT2D eigenvalue weighted by Gasteiger charge is 2.59. The van der Waals surface area contributed by atoms with E-state index >= 15 is 4.39 Å². The lowest BCUT2D eigenvalue weighted by Gasteiger charge is -2.43. The number of hydrogen-bond acceptors (Lipinski definition) is 5. The van der Waals surface area contributed by atoms with E-state index in [0.29, 0.717) is 36.4 Å². The Morgan fingerprint density at radius 2 is 2.06 bits per heavy atom. The number of benzene rings is 1. The molecule has 1 saturated carbocycles. The second-order valence-electron chi connectivity index (χ2n) is 9.02. The van der Waals surface area contributed by atoms with E-state index < -0.39 is 11.4 Å². The summed E-state index contributed by atoms with van der Waals surface area (Å²) >= 11 is 5.75. The van der Waals surface area contributed by atoms with Crippen LogP contribution in [0.4, 0.5) is 21.6 Å². The first-order chi connectivity index (χ1) is 17.4. The van der Waals surface area contributed by atoms with E-state index in [9.17, 15) is 4.79 Å². The number of anilines is 2. The van der Waals surface area contributed by atoms with E-state index in [1.54, 1.807) is 36.2 Å². The minimum Gasteiger partial charge on any atom is -0.491 e. The van der Waals surface area contributed by atoms with Crippen LogP contribution in [0.15, 0.2) is 55.0 Å². The number of hydrogen-bond donors (Lipinski definition) is 0. The molecule has 1 aliphatic heterocycles. The number of rotatable bonds is 7. The predicted octanol–water partition coefficient (Wildman–Crippen LogP) is 5.55. The van der Waals surface area contributed by atoms with Crippen molar-refractivity contribution in [3.8, 4) is 5.75 Å². The molecule has 2 aliphatic rings. The van der Waals surface area contributed by atoms with Crippen LogP contribution in [0.25, 0.3) is 4.85 Å². The summed E-state index contributed by atoms with van der Waals surface area (Å²) < 4.78 is 20.8. The van der Waals surface area contributed by atoms with Gasteiger partial charge in [0.15, 0.2) is 16.7 Å². The summed E-state index contributed by atoms with van der Waals surface area (Å²) in [7, 11) is 0. The van der Waals surface area contributed by atoms with Crippen LogP contribution in [0.1, 0.15) is 36.8 Å². The van der Waals surface area contributed by atoms with Gasteiger partial charge in [0.1, 0.15) is 11.7 Å². The van der Waals surface area contributed by atoms with Gasteiger partial charge >= 0.3 is 0 Å². The molecule has 2 fully saturated rings. The molecular weight excluding hydrogens is 477 g/mol. The van der Waals surface area contributed by atoms with E-state index in [4.69, 9.17) is 23.5 Å². The van der Waals surface area contributed by atoms with Crippen molar-refractivity contribution in [3.63, 3.8) is 0 Å².